The van der Waals surface area contributed by atoms with Crippen LogP contribution in [0.3, 0.4) is 0 Å². The summed E-state index contributed by atoms with van der Waals surface area (Å²) in [5, 5.41) is 12.8. The van der Waals surface area contributed by atoms with Crippen LogP contribution in [-0.2, 0) is 10.0 Å². The van der Waals surface area contributed by atoms with Gasteiger partial charge in [-0.3, -0.25) is 0 Å². The first kappa shape index (κ1) is 16.2. The average molecular weight is 324 g/mol. The Labute approximate surface area is 130 Å². The third-order valence-corrected chi connectivity index (χ3v) is 5.18. The summed E-state index contributed by atoms with van der Waals surface area (Å²) in [5.74, 6) is 0.447. The Hall–Kier alpha value is -1.21. The van der Waals surface area contributed by atoms with Crippen LogP contribution in [0.1, 0.15) is 36.9 Å². The molecular formula is C15H20N2O2S2. The van der Waals surface area contributed by atoms with Gasteiger partial charge in [-0.15, -0.1) is 0 Å². The summed E-state index contributed by atoms with van der Waals surface area (Å²) in [6, 6.07) is 8.98. The van der Waals surface area contributed by atoms with Crippen LogP contribution in [0.4, 0.5) is 0 Å². The van der Waals surface area contributed by atoms with Gasteiger partial charge in [-0.1, -0.05) is 19.1 Å². The number of hydrogen-bond acceptors (Lipinski definition) is 4. The van der Waals surface area contributed by atoms with E-state index >= 15 is 0 Å². The van der Waals surface area contributed by atoms with Crippen LogP contribution in [0.5, 0.6) is 0 Å². The fourth-order valence-electron chi connectivity index (χ4n) is 2.09. The molecule has 0 fully saturated rings. The number of nitrogens with one attached hydrogen (secondary N) is 1. The van der Waals surface area contributed by atoms with Crippen molar-refractivity contribution in [2.24, 2.45) is 5.14 Å². The minimum atomic E-state index is -3.62. The second-order valence-electron chi connectivity index (χ2n) is 5.20. The summed E-state index contributed by atoms with van der Waals surface area (Å²) < 4.78 is 22.4. The Morgan fingerprint density at radius 3 is 2.33 bits per heavy atom. The SMILES string of the molecule is C[C@H](CN[C@@H](C)c1ccc(S(N)(=O)=O)cc1)c1ccsc1. The first-order chi connectivity index (χ1) is 9.88. The second kappa shape index (κ2) is 6.70. The molecule has 0 radical (unpaired) electrons. The van der Waals surface area contributed by atoms with Gasteiger partial charge in [0.05, 0.1) is 4.90 Å². The number of hydrogen-bond donors (Lipinski definition) is 2. The predicted octanol–water partition coefficient (Wildman–Crippen LogP) is 2.85. The number of rotatable bonds is 6. The lowest BCUT2D eigenvalue weighted by atomic mass is 10.0. The molecule has 2 rings (SSSR count). The van der Waals surface area contributed by atoms with Crippen molar-refractivity contribution in [1.29, 1.82) is 0 Å². The summed E-state index contributed by atoms with van der Waals surface area (Å²) in [5.41, 5.74) is 2.38. The Balaban J connectivity index is 1.96. The van der Waals surface area contributed by atoms with E-state index in [1.54, 1.807) is 35.6 Å². The van der Waals surface area contributed by atoms with Crippen molar-refractivity contribution in [3.63, 3.8) is 0 Å². The van der Waals surface area contributed by atoms with Gasteiger partial charge in [0.15, 0.2) is 0 Å². The van der Waals surface area contributed by atoms with Crippen LogP contribution in [0.25, 0.3) is 0 Å². The van der Waals surface area contributed by atoms with Crippen molar-refractivity contribution in [2.75, 3.05) is 6.54 Å². The molecule has 21 heavy (non-hydrogen) atoms. The van der Waals surface area contributed by atoms with Gasteiger partial charge in [0.2, 0.25) is 10.0 Å². The number of nitrogens with two attached hydrogens (primary N) is 1. The van der Waals surface area contributed by atoms with Gasteiger partial charge in [-0.25, -0.2) is 13.6 Å². The van der Waals surface area contributed by atoms with Crippen molar-refractivity contribution >= 4 is 21.4 Å². The molecule has 1 aromatic carbocycles. The highest BCUT2D eigenvalue weighted by Crippen LogP contribution is 2.20. The summed E-state index contributed by atoms with van der Waals surface area (Å²) in [7, 11) is -3.62. The molecule has 2 atom stereocenters. The Kier molecular flexibility index (Phi) is 5.16. The average Bonchev–Trinajstić information content (AvgIpc) is 2.98. The van der Waals surface area contributed by atoms with E-state index in [0.717, 1.165) is 12.1 Å². The number of thiophene rings is 1. The van der Waals surface area contributed by atoms with Gasteiger partial charge in [-0.05, 0) is 52.9 Å². The lowest BCUT2D eigenvalue weighted by Crippen LogP contribution is -2.23. The maximum absolute atomic E-state index is 11.2. The van der Waals surface area contributed by atoms with Crippen molar-refractivity contribution in [3.8, 4) is 0 Å². The zero-order valence-corrected chi connectivity index (χ0v) is 13.7. The smallest absolute Gasteiger partial charge is 0.238 e. The molecule has 114 valence electrons. The van der Waals surface area contributed by atoms with Crippen LogP contribution in [0.15, 0.2) is 46.0 Å². The molecule has 4 nitrogen and oxygen atoms in total. The molecule has 0 aliphatic rings. The summed E-state index contributed by atoms with van der Waals surface area (Å²) >= 11 is 1.71. The van der Waals surface area contributed by atoms with E-state index in [1.165, 1.54) is 5.56 Å². The Morgan fingerprint density at radius 2 is 1.81 bits per heavy atom. The van der Waals surface area contributed by atoms with Gasteiger partial charge in [0, 0.05) is 12.6 Å². The van der Waals surface area contributed by atoms with Crippen LogP contribution in [0.2, 0.25) is 0 Å². The van der Waals surface area contributed by atoms with E-state index < -0.39 is 10.0 Å². The highest BCUT2D eigenvalue weighted by atomic mass is 32.2. The minimum absolute atomic E-state index is 0.144. The van der Waals surface area contributed by atoms with E-state index in [-0.39, 0.29) is 10.9 Å². The summed E-state index contributed by atoms with van der Waals surface area (Å²) in [6.07, 6.45) is 0. The van der Waals surface area contributed by atoms with Crippen LogP contribution in [-0.4, -0.2) is 15.0 Å². The molecule has 1 heterocycles. The molecule has 0 saturated heterocycles. The number of primary sulfonamides is 1. The fourth-order valence-corrected chi connectivity index (χ4v) is 3.39. The molecule has 0 aliphatic heterocycles. The van der Waals surface area contributed by atoms with Crippen molar-refractivity contribution in [3.05, 3.63) is 52.2 Å². The molecule has 3 N–H and O–H groups in total. The number of benzene rings is 1. The first-order valence-corrected chi connectivity index (χ1v) is 9.25. The molecule has 0 amide bonds. The monoisotopic (exact) mass is 324 g/mol. The van der Waals surface area contributed by atoms with Gasteiger partial charge in [-0.2, -0.15) is 11.3 Å². The van der Waals surface area contributed by atoms with Gasteiger partial charge in [0.25, 0.3) is 0 Å². The van der Waals surface area contributed by atoms with Crippen LogP contribution in [0, 0.1) is 0 Å². The standard InChI is InChI=1S/C15H20N2O2S2/c1-11(14-7-8-20-10-14)9-17-12(2)13-3-5-15(6-4-13)21(16,18)19/h3-8,10-12,17H,9H2,1-2H3,(H2,16,18,19)/t11-,12+/m1/s1. The second-order valence-corrected chi connectivity index (χ2v) is 7.54. The Bertz CT molecular complexity index is 664. The van der Waals surface area contributed by atoms with Gasteiger partial charge < -0.3 is 5.32 Å². The third-order valence-electron chi connectivity index (χ3n) is 3.55. The van der Waals surface area contributed by atoms with E-state index in [1.807, 2.05) is 0 Å². The largest absolute Gasteiger partial charge is 0.310 e. The zero-order valence-electron chi connectivity index (χ0n) is 12.1. The molecule has 1 aromatic heterocycles. The normalized spacial score (nSPS) is 14.8. The van der Waals surface area contributed by atoms with E-state index in [2.05, 4.69) is 36.0 Å². The zero-order chi connectivity index (χ0) is 15.5. The summed E-state index contributed by atoms with van der Waals surface area (Å²) in [4.78, 5) is 0.144. The van der Waals surface area contributed by atoms with Gasteiger partial charge >= 0.3 is 0 Å². The van der Waals surface area contributed by atoms with Gasteiger partial charge in [0.1, 0.15) is 0 Å². The molecular weight excluding hydrogens is 304 g/mol. The molecule has 6 heteroatoms. The molecule has 2 aromatic rings. The van der Waals surface area contributed by atoms with E-state index in [9.17, 15) is 8.42 Å². The van der Waals surface area contributed by atoms with Crippen molar-refractivity contribution < 1.29 is 8.42 Å². The van der Waals surface area contributed by atoms with Crippen molar-refractivity contribution in [2.45, 2.75) is 30.7 Å². The lowest BCUT2D eigenvalue weighted by Gasteiger charge is -2.18. The maximum atomic E-state index is 11.2. The molecule has 0 bridgehead atoms. The third kappa shape index (κ3) is 4.38. The first-order valence-electron chi connectivity index (χ1n) is 6.76. The van der Waals surface area contributed by atoms with Crippen molar-refractivity contribution in [1.82, 2.24) is 5.32 Å². The molecule has 0 aliphatic carbocycles. The highest BCUT2D eigenvalue weighted by molar-refractivity contribution is 7.89. The molecule has 0 unspecified atom stereocenters. The molecule has 0 spiro atoms. The van der Waals surface area contributed by atoms with E-state index in [4.69, 9.17) is 5.14 Å². The maximum Gasteiger partial charge on any atom is 0.238 e. The lowest BCUT2D eigenvalue weighted by molar-refractivity contribution is 0.537. The molecule has 0 saturated carbocycles. The predicted molar refractivity (Wildman–Crippen MR) is 87.0 cm³/mol. The topological polar surface area (TPSA) is 72.2 Å². The summed E-state index contributed by atoms with van der Waals surface area (Å²) in [6.45, 7) is 5.12. The highest BCUT2D eigenvalue weighted by Gasteiger charge is 2.11. The number of sulfonamides is 1. The minimum Gasteiger partial charge on any atom is -0.310 e. The quantitative estimate of drug-likeness (QED) is 0.858. The fraction of sp³-hybridized carbons (Fsp3) is 0.333. The van der Waals surface area contributed by atoms with E-state index in [0.29, 0.717) is 5.92 Å². The Morgan fingerprint density at radius 1 is 1.14 bits per heavy atom. The van der Waals surface area contributed by atoms with Crippen LogP contribution >= 0.6 is 11.3 Å². The van der Waals surface area contributed by atoms with Crippen LogP contribution < -0.4 is 10.5 Å².